The quantitative estimate of drug-likeness (QED) is 0.619. The molecule has 0 unspecified atom stereocenters. The Labute approximate surface area is 93.1 Å². The van der Waals surface area contributed by atoms with E-state index in [4.69, 9.17) is 4.42 Å². The minimum Gasteiger partial charge on any atom is -0.443 e. The first-order valence-corrected chi connectivity index (χ1v) is 5.39. The maximum absolute atomic E-state index is 5.47. The summed E-state index contributed by atoms with van der Waals surface area (Å²) in [6.07, 6.45) is 1.49. The largest absolute Gasteiger partial charge is 0.443 e. The SMILES string of the molecule is CC(C)c1nc2ccccc2c2ocnc12. The van der Waals surface area contributed by atoms with E-state index in [1.807, 2.05) is 24.3 Å². The number of fused-ring (bicyclic) bond motifs is 3. The maximum atomic E-state index is 5.47. The lowest BCUT2D eigenvalue weighted by atomic mass is 10.1. The zero-order valence-corrected chi connectivity index (χ0v) is 9.27. The summed E-state index contributed by atoms with van der Waals surface area (Å²) in [4.78, 5) is 8.91. The van der Waals surface area contributed by atoms with Crippen LogP contribution in [-0.2, 0) is 0 Å². The van der Waals surface area contributed by atoms with Crippen molar-refractivity contribution in [1.29, 1.82) is 0 Å². The number of oxazole rings is 1. The molecule has 0 bridgehead atoms. The van der Waals surface area contributed by atoms with Gasteiger partial charge in [0.05, 0.1) is 11.2 Å². The van der Waals surface area contributed by atoms with Gasteiger partial charge < -0.3 is 4.42 Å². The number of para-hydroxylation sites is 1. The van der Waals surface area contributed by atoms with Gasteiger partial charge in [-0.05, 0) is 18.1 Å². The van der Waals surface area contributed by atoms with Gasteiger partial charge in [0.2, 0.25) is 0 Å². The van der Waals surface area contributed by atoms with E-state index in [1.165, 1.54) is 6.39 Å². The van der Waals surface area contributed by atoms with Gasteiger partial charge in [-0.3, -0.25) is 4.98 Å². The molecule has 3 rings (SSSR count). The van der Waals surface area contributed by atoms with Gasteiger partial charge in [0.1, 0.15) is 5.52 Å². The molecule has 0 aliphatic rings. The van der Waals surface area contributed by atoms with Crippen molar-refractivity contribution in [3.8, 4) is 0 Å². The summed E-state index contributed by atoms with van der Waals surface area (Å²) >= 11 is 0. The molecule has 3 aromatic rings. The molecular weight excluding hydrogens is 200 g/mol. The fraction of sp³-hybridized carbons (Fsp3) is 0.231. The van der Waals surface area contributed by atoms with E-state index >= 15 is 0 Å². The van der Waals surface area contributed by atoms with Crippen LogP contribution in [0, 0.1) is 0 Å². The minimum absolute atomic E-state index is 0.345. The molecule has 1 aromatic carbocycles. The van der Waals surface area contributed by atoms with Crippen LogP contribution in [0.15, 0.2) is 35.1 Å². The van der Waals surface area contributed by atoms with Gasteiger partial charge in [0, 0.05) is 5.39 Å². The predicted octanol–water partition coefficient (Wildman–Crippen LogP) is 3.50. The van der Waals surface area contributed by atoms with Crippen LogP contribution in [0.25, 0.3) is 22.0 Å². The van der Waals surface area contributed by atoms with Crippen LogP contribution >= 0.6 is 0 Å². The average Bonchev–Trinajstić information content (AvgIpc) is 2.76. The second kappa shape index (κ2) is 3.30. The Morgan fingerprint density at radius 1 is 1.19 bits per heavy atom. The Hall–Kier alpha value is -1.90. The Morgan fingerprint density at radius 2 is 2.00 bits per heavy atom. The third kappa shape index (κ3) is 1.21. The number of benzene rings is 1. The second-order valence-electron chi connectivity index (χ2n) is 4.20. The van der Waals surface area contributed by atoms with Gasteiger partial charge in [-0.25, -0.2) is 4.98 Å². The summed E-state index contributed by atoms with van der Waals surface area (Å²) in [5.41, 5.74) is 3.70. The molecular formula is C13H12N2O. The van der Waals surface area contributed by atoms with E-state index in [2.05, 4.69) is 23.8 Å². The van der Waals surface area contributed by atoms with Crippen molar-refractivity contribution in [3.05, 3.63) is 36.4 Å². The highest BCUT2D eigenvalue weighted by atomic mass is 16.3. The van der Waals surface area contributed by atoms with Crippen LogP contribution in [-0.4, -0.2) is 9.97 Å². The highest BCUT2D eigenvalue weighted by Gasteiger charge is 2.14. The topological polar surface area (TPSA) is 38.9 Å². The number of rotatable bonds is 1. The first kappa shape index (κ1) is 9.33. The third-order valence-electron chi connectivity index (χ3n) is 2.75. The fourth-order valence-electron chi connectivity index (χ4n) is 1.97. The molecule has 3 nitrogen and oxygen atoms in total. The lowest BCUT2D eigenvalue weighted by Gasteiger charge is -2.06. The molecule has 0 radical (unpaired) electrons. The van der Waals surface area contributed by atoms with Crippen molar-refractivity contribution >= 4 is 22.0 Å². The van der Waals surface area contributed by atoms with E-state index in [0.29, 0.717) is 5.92 Å². The summed E-state index contributed by atoms with van der Waals surface area (Å²) in [5.74, 6) is 0.345. The van der Waals surface area contributed by atoms with Crippen molar-refractivity contribution in [2.45, 2.75) is 19.8 Å². The van der Waals surface area contributed by atoms with Crippen molar-refractivity contribution < 1.29 is 4.42 Å². The van der Waals surface area contributed by atoms with E-state index in [9.17, 15) is 0 Å². The third-order valence-corrected chi connectivity index (χ3v) is 2.75. The summed E-state index contributed by atoms with van der Waals surface area (Å²) in [6.45, 7) is 4.23. The number of nitrogens with zero attached hydrogens (tertiary/aromatic N) is 2. The van der Waals surface area contributed by atoms with Crippen molar-refractivity contribution in [2.24, 2.45) is 0 Å². The molecule has 80 valence electrons. The molecule has 0 amide bonds. The van der Waals surface area contributed by atoms with Gasteiger partial charge >= 0.3 is 0 Å². The van der Waals surface area contributed by atoms with E-state index in [-0.39, 0.29) is 0 Å². The zero-order chi connectivity index (χ0) is 11.1. The molecule has 3 heteroatoms. The van der Waals surface area contributed by atoms with Crippen LogP contribution in [0.5, 0.6) is 0 Å². The first-order chi connectivity index (χ1) is 7.77. The molecule has 2 heterocycles. The molecule has 0 fully saturated rings. The normalized spacial score (nSPS) is 11.7. The van der Waals surface area contributed by atoms with Crippen LogP contribution in [0.1, 0.15) is 25.5 Å². The molecule has 0 N–H and O–H groups in total. The molecule has 2 aromatic heterocycles. The number of hydrogen-bond donors (Lipinski definition) is 0. The van der Waals surface area contributed by atoms with Gasteiger partial charge in [-0.15, -0.1) is 0 Å². The van der Waals surface area contributed by atoms with Crippen LogP contribution in [0.2, 0.25) is 0 Å². The van der Waals surface area contributed by atoms with Crippen molar-refractivity contribution in [2.75, 3.05) is 0 Å². The minimum atomic E-state index is 0.345. The lowest BCUT2D eigenvalue weighted by molar-refractivity contribution is 0.605. The summed E-state index contributed by atoms with van der Waals surface area (Å²) in [7, 11) is 0. The van der Waals surface area contributed by atoms with E-state index < -0.39 is 0 Å². The standard InChI is InChI=1S/C13H12N2O/c1-8(2)11-12-13(16-7-14-12)9-5-3-4-6-10(9)15-11/h3-8H,1-2H3. The average molecular weight is 212 g/mol. The summed E-state index contributed by atoms with van der Waals surface area (Å²) in [5, 5.41) is 1.03. The van der Waals surface area contributed by atoms with Crippen molar-refractivity contribution in [1.82, 2.24) is 9.97 Å². The van der Waals surface area contributed by atoms with Crippen molar-refractivity contribution in [3.63, 3.8) is 0 Å². The molecule has 16 heavy (non-hydrogen) atoms. The Morgan fingerprint density at radius 3 is 2.81 bits per heavy atom. The molecule has 0 saturated heterocycles. The monoisotopic (exact) mass is 212 g/mol. The fourth-order valence-corrected chi connectivity index (χ4v) is 1.97. The van der Waals surface area contributed by atoms with Crippen LogP contribution < -0.4 is 0 Å². The molecule has 0 aliphatic carbocycles. The van der Waals surface area contributed by atoms with Crippen LogP contribution in [0.3, 0.4) is 0 Å². The summed E-state index contributed by atoms with van der Waals surface area (Å²) in [6, 6.07) is 7.99. The van der Waals surface area contributed by atoms with Gasteiger partial charge in [0.15, 0.2) is 12.0 Å². The molecule has 0 aliphatic heterocycles. The smallest absolute Gasteiger partial charge is 0.182 e. The molecule has 0 spiro atoms. The van der Waals surface area contributed by atoms with Gasteiger partial charge in [0.25, 0.3) is 0 Å². The second-order valence-corrected chi connectivity index (χ2v) is 4.20. The molecule has 0 saturated carbocycles. The Kier molecular flexibility index (Phi) is 1.93. The Bertz CT molecular complexity index is 655. The van der Waals surface area contributed by atoms with E-state index in [0.717, 1.165) is 27.7 Å². The molecule has 0 atom stereocenters. The van der Waals surface area contributed by atoms with Gasteiger partial charge in [-0.1, -0.05) is 26.0 Å². The Balaban J connectivity index is 2.53. The number of hydrogen-bond acceptors (Lipinski definition) is 3. The lowest BCUT2D eigenvalue weighted by Crippen LogP contribution is -1.95. The first-order valence-electron chi connectivity index (χ1n) is 5.39. The van der Waals surface area contributed by atoms with E-state index in [1.54, 1.807) is 0 Å². The van der Waals surface area contributed by atoms with Gasteiger partial charge in [-0.2, -0.15) is 0 Å². The predicted molar refractivity (Wildman–Crippen MR) is 63.4 cm³/mol. The zero-order valence-electron chi connectivity index (χ0n) is 9.27. The highest BCUT2D eigenvalue weighted by molar-refractivity contribution is 6.01. The number of aromatic nitrogens is 2. The highest BCUT2D eigenvalue weighted by Crippen LogP contribution is 2.28. The maximum Gasteiger partial charge on any atom is 0.182 e. The van der Waals surface area contributed by atoms with Crippen LogP contribution in [0.4, 0.5) is 0 Å². The number of pyridine rings is 1. The summed E-state index contributed by atoms with van der Waals surface area (Å²) < 4.78 is 5.47.